The van der Waals surface area contributed by atoms with Gasteiger partial charge >= 0.3 is 0 Å². The van der Waals surface area contributed by atoms with Gasteiger partial charge in [0.25, 0.3) is 0 Å². The molecule has 5 N–H and O–H groups in total. The highest BCUT2D eigenvalue weighted by atomic mass is 16.4. The van der Waals surface area contributed by atoms with Gasteiger partial charge in [0.15, 0.2) is 0 Å². The summed E-state index contributed by atoms with van der Waals surface area (Å²) in [5.74, 6) is -0.400. The first-order valence-corrected chi connectivity index (χ1v) is 4.08. The van der Waals surface area contributed by atoms with Crippen molar-refractivity contribution in [2.45, 2.75) is 31.7 Å². The monoisotopic (exact) mass is 192 g/mol. The molecule has 0 rings (SSSR count). The van der Waals surface area contributed by atoms with Crippen LogP contribution in [0.4, 0.5) is 0 Å². The number of aliphatic hydroxyl groups is 5. The van der Waals surface area contributed by atoms with Crippen LogP contribution >= 0.6 is 0 Å². The summed E-state index contributed by atoms with van der Waals surface area (Å²) in [6, 6.07) is 0. The maximum absolute atomic E-state index is 9.18. The molecule has 0 amide bonds. The fraction of sp³-hybridized carbons (Fsp3) is 0.750. The number of rotatable bonds is 5. The summed E-state index contributed by atoms with van der Waals surface area (Å²) in [6.45, 7) is 1.08. The predicted molar refractivity (Wildman–Crippen MR) is 46.1 cm³/mol. The highest BCUT2D eigenvalue weighted by Gasteiger charge is 2.26. The summed E-state index contributed by atoms with van der Waals surface area (Å²) in [6.07, 6.45) is -2.76. The van der Waals surface area contributed by atoms with Crippen LogP contribution in [0, 0.1) is 0 Å². The molecule has 0 aromatic heterocycles. The van der Waals surface area contributed by atoms with Gasteiger partial charge < -0.3 is 25.5 Å². The summed E-state index contributed by atoms with van der Waals surface area (Å²) in [5.41, 5.74) is 0. The Morgan fingerprint density at radius 2 is 1.85 bits per heavy atom. The minimum absolute atomic E-state index is 0.400. The van der Waals surface area contributed by atoms with Crippen molar-refractivity contribution in [1.29, 1.82) is 0 Å². The average Bonchev–Trinajstić information content (AvgIpc) is 2.14. The van der Waals surface area contributed by atoms with E-state index in [0.717, 1.165) is 0 Å². The van der Waals surface area contributed by atoms with Gasteiger partial charge in [-0.3, -0.25) is 0 Å². The van der Waals surface area contributed by atoms with Crippen LogP contribution in [0.2, 0.25) is 0 Å². The number of allylic oxidation sites excluding steroid dienone is 1. The lowest BCUT2D eigenvalue weighted by Crippen LogP contribution is -2.40. The lowest BCUT2D eigenvalue weighted by atomic mass is 10.1. The Labute approximate surface area is 76.6 Å². The average molecular weight is 192 g/mol. The fourth-order valence-corrected chi connectivity index (χ4v) is 0.823. The van der Waals surface area contributed by atoms with Crippen LogP contribution in [-0.2, 0) is 0 Å². The van der Waals surface area contributed by atoms with Gasteiger partial charge in [0.2, 0.25) is 0 Å². The first-order chi connectivity index (χ1) is 6.04. The maximum atomic E-state index is 9.18. The lowest BCUT2D eigenvalue weighted by molar-refractivity contribution is -0.0742. The van der Waals surface area contributed by atoms with Crippen molar-refractivity contribution in [2.24, 2.45) is 0 Å². The molecule has 0 heterocycles. The molecule has 5 heteroatoms. The number of hydrogen-bond acceptors (Lipinski definition) is 5. The van der Waals surface area contributed by atoms with Gasteiger partial charge in [0, 0.05) is 0 Å². The molecule has 0 fully saturated rings. The van der Waals surface area contributed by atoms with Crippen LogP contribution in [0.5, 0.6) is 0 Å². The molecule has 0 spiro atoms. The van der Waals surface area contributed by atoms with Gasteiger partial charge in [0.1, 0.15) is 24.1 Å². The van der Waals surface area contributed by atoms with E-state index >= 15 is 0 Å². The molecule has 0 radical (unpaired) electrons. The third-order valence-electron chi connectivity index (χ3n) is 1.62. The molecule has 13 heavy (non-hydrogen) atoms. The molecule has 0 aliphatic rings. The van der Waals surface area contributed by atoms with Crippen LogP contribution in [-0.4, -0.2) is 50.5 Å². The van der Waals surface area contributed by atoms with E-state index in [4.69, 9.17) is 20.4 Å². The second-order valence-electron chi connectivity index (χ2n) is 2.72. The largest absolute Gasteiger partial charge is 0.510 e. The topological polar surface area (TPSA) is 101 Å². The standard InChI is InChI=1S/C8H16O5/c1-2-3-5(10)7(12)8(13)6(11)4-9/h3,6-13H,2,4H2,1H3. The summed E-state index contributed by atoms with van der Waals surface area (Å²) in [5, 5.41) is 44.8. The van der Waals surface area contributed by atoms with Crippen molar-refractivity contribution in [3.05, 3.63) is 11.8 Å². The first kappa shape index (κ1) is 12.4. The molecule has 0 aromatic rings. The molecule has 3 atom stereocenters. The third-order valence-corrected chi connectivity index (χ3v) is 1.62. The van der Waals surface area contributed by atoms with Gasteiger partial charge in [-0.2, -0.15) is 0 Å². The van der Waals surface area contributed by atoms with Crippen molar-refractivity contribution in [3.63, 3.8) is 0 Å². The van der Waals surface area contributed by atoms with E-state index in [1.54, 1.807) is 6.92 Å². The summed E-state index contributed by atoms with van der Waals surface area (Å²) in [7, 11) is 0. The first-order valence-electron chi connectivity index (χ1n) is 4.08. The van der Waals surface area contributed by atoms with Gasteiger partial charge in [-0.05, 0) is 12.5 Å². The Balaban J connectivity index is 4.24. The van der Waals surface area contributed by atoms with Crippen molar-refractivity contribution >= 4 is 0 Å². The summed E-state index contributed by atoms with van der Waals surface area (Å²) < 4.78 is 0. The van der Waals surface area contributed by atoms with E-state index in [1.807, 2.05) is 0 Å². The van der Waals surface area contributed by atoms with Crippen LogP contribution < -0.4 is 0 Å². The molecule has 78 valence electrons. The minimum Gasteiger partial charge on any atom is -0.510 e. The highest BCUT2D eigenvalue weighted by molar-refractivity contribution is 5.01. The number of hydrogen-bond donors (Lipinski definition) is 5. The maximum Gasteiger partial charge on any atom is 0.139 e. The van der Waals surface area contributed by atoms with Crippen LogP contribution in [0.25, 0.3) is 0 Å². The van der Waals surface area contributed by atoms with E-state index in [1.165, 1.54) is 6.08 Å². The van der Waals surface area contributed by atoms with Gasteiger partial charge in [-0.25, -0.2) is 0 Å². The highest BCUT2D eigenvalue weighted by Crippen LogP contribution is 2.08. The predicted octanol–water partition coefficient (Wildman–Crippen LogP) is -1.09. The zero-order chi connectivity index (χ0) is 10.4. The molecule has 3 unspecified atom stereocenters. The molecule has 0 aliphatic carbocycles. The molecule has 0 aliphatic heterocycles. The smallest absolute Gasteiger partial charge is 0.139 e. The second-order valence-corrected chi connectivity index (χ2v) is 2.72. The molecule has 5 nitrogen and oxygen atoms in total. The van der Waals surface area contributed by atoms with E-state index in [-0.39, 0.29) is 0 Å². The fourth-order valence-electron chi connectivity index (χ4n) is 0.823. The molecular formula is C8H16O5. The summed E-state index contributed by atoms with van der Waals surface area (Å²) >= 11 is 0. The van der Waals surface area contributed by atoms with Crippen LogP contribution in [0.3, 0.4) is 0 Å². The molecular weight excluding hydrogens is 176 g/mol. The Morgan fingerprint density at radius 1 is 1.31 bits per heavy atom. The van der Waals surface area contributed by atoms with Crippen LogP contribution in [0.15, 0.2) is 11.8 Å². The lowest BCUT2D eigenvalue weighted by Gasteiger charge is -2.20. The Hall–Kier alpha value is -0.620. The molecule has 0 saturated carbocycles. The Kier molecular flexibility index (Phi) is 5.65. The zero-order valence-electron chi connectivity index (χ0n) is 7.46. The number of aliphatic hydroxyl groups excluding tert-OH is 5. The van der Waals surface area contributed by atoms with E-state index in [0.29, 0.717) is 6.42 Å². The molecule has 0 saturated heterocycles. The normalized spacial score (nSPS) is 19.6. The zero-order valence-corrected chi connectivity index (χ0v) is 7.46. The van der Waals surface area contributed by atoms with Crippen LogP contribution in [0.1, 0.15) is 13.3 Å². The van der Waals surface area contributed by atoms with E-state index in [2.05, 4.69) is 0 Å². The van der Waals surface area contributed by atoms with Gasteiger partial charge in [0.05, 0.1) is 6.61 Å². The second kappa shape index (κ2) is 5.93. The van der Waals surface area contributed by atoms with Crippen molar-refractivity contribution < 1.29 is 25.5 Å². The van der Waals surface area contributed by atoms with E-state index < -0.39 is 30.7 Å². The third kappa shape index (κ3) is 3.73. The quantitative estimate of drug-likeness (QED) is 0.356. The SMILES string of the molecule is CCC=C(O)C(O)C(O)C(O)CO. The molecule has 0 bridgehead atoms. The van der Waals surface area contributed by atoms with Crippen molar-refractivity contribution in [2.75, 3.05) is 6.61 Å². The van der Waals surface area contributed by atoms with Gasteiger partial charge in [-0.1, -0.05) is 6.92 Å². The summed E-state index contributed by atoms with van der Waals surface area (Å²) in [4.78, 5) is 0. The molecule has 0 aromatic carbocycles. The Morgan fingerprint density at radius 3 is 2.23 bits per heavy atom. The van der Waals surface area contributed by atoms with Gasteiger partial charge in [-0.15, -0.1) is 0 Å². The van der Waals surface area contributed by atoms with Crippen molar-refractivity contribution in [3.8, 4) is 0 Å². The Bertz CT molecular complexity index is 168. The minimum atomic E-state index is -1.58. The van der Waals surface area contributed by atoms with E-state index in [9.17, 15) is 5.11 Å². The van der Waals surface area contributed by atoms with Crippen molar-refractivity contribution in [1.82, 2.24) is 0 Å².